The number of nitrogens with zero attached hydrogens (tertiary/aromatic N) is 1. The summed E-state index contributed by atoms with van der Waals surface area (Å²) >= 11 is 6.89. The molecule has 0 N–H and O–H groups in total. The average Bonchev–Trinajstić information content (AvgIpc) is 2.46. The van der Waals surface area contributed by atoms with Crippen molar-refractivity contribution in [3.05, 3.63) is 47.8 Å². The van der Waals surface area contributed by atoms with Gasteiger partial charge in [0.15, 0.2) is 9.84 Å². The zero-order valence-electron chi connectivity index (χ0n) is 12.0. The highest BCUT2D eigenvalue weighted by Crippen LogP contribution is 2.35. The Labute approximate surface area is 138 Å². The second kappa shape index (κ2) is 6.81. The molecular formula is C15H14ClNO3S2. The maximum absolute atomic E-state index is 12.0. The van der Waals surface area contributed by atoms with E-state index in [1.807, 2.05) is 6.92 Å². The molecule has 0 unspecified atom stereocenters. The van der Waals surface area contributed by atoms with Crippen molar-refractivity contribution >= 4 is 38.4 Å². The summed E-state index contributed by atoms with van der Waals surface area (Å²) < 4.78 is 24.1. The molecular weight excluding hydrogens is 342 g/mol. The standard InChI is InChI=1S/C15H14ClNO3S2/c1-3-10-8-13(21-11-4-6-17-7-5-11)14(22(2,19)20)9-12(10)15(16)18/h4-9H,3H2,1-2H3. The molecule has 2 rings (SSSR count). The Hall–Kier alpha value is -1.37. The van der Waals surface area contributed by atoms with Crippen LogP contribution in [0.15, 0.2) is 51.3 Å². The van der Waals surface area contributed by atoms with Gasteiger partial charge in [0.2, 0.25) is 0 Å². The zero-order chi connectivity index (χ0) is 16.3. The lowest BCUT2D eigenvalue weighted by molar-refractivity contribution is 0.108. The normalized spacial score (nSPS) is 11.4. The van der Waals surface area contributed by atoms with E-state index in [2.05, 4.69) is 4.98 Å². The molecule has 0 aliphatic heterocycles. The number of hydrogen-bond acceptors (Lipinski definition) is 5. The predicted octanol–water partition coefficient (Wildman–Crippen LogP) is 3.58. The van der Waals surface area contributed by atoms with E-state index >= 15 is 0 Å². The summed E-state index contributed by atoms with van der Waals surface area (Å²) in [7, 11) is -3.48. The quantitative estimate of drug-likeness (QED) is 0.767. The van der Waals surface area contributed by atoms with Crippen molar-refractivity contribution in [2.45, 2.75) is 28.0 Å². The van der Waals surface area contributed by atoms with Crippen LogP contribution in [0, 0.1) is 0 Å². The molecule has 1 aromatic heterocycles. The lowest BCUT2D eigenvalue weighted by atomic mass is 10.1. The van der Waals surface area contributed by atoms with E-state index in [4.69, 9.17) is 11.6 Å². The molecule has 0 radical (unpaired) electrons. The second-order valence-corrected chi connectivity index (χ2v) is 8.08. The summed E-state index contributed by atoms with van der Waals surface area (Å²) in [6.45, 7) is 1.89. The number of carbonyl (C=O) groups is 1. The molecule has 0 fully saturated rings. The number of sulfone groups is 1. The topological polar surface area (TPSA) is 64.1 Å². The van der Waals surface area contributed by atoms with Crippen molar-refractivity contribution in [3.63, 3.8) is 0 Å². The maximum Gasteiger partial charge on any atom is 0.252 e. The van der Waals surface area contributed by atoms with Crippen LogP contribution in [0.3, 0.4) is 0 Å². The van der Waals surface area contributed by atoms with Gasteiger partial charge in [-0.1, -0.05) is 18.7 Å². The van der Waals surface area contributed by atoms with Gasteiger partial charge in [-0.25, -0.2) is 8.42 Å². The molecule has 7 heteroatoms. The third-order valence-electron chi connectivity index (χ3n) is 3.04. The van der Waals surface area contributed by atoms with Crippen LogP contribution in [0.25, 0.3) is 0 Å². The van der Waals surface area contributed by atoms with Crippen LogP contribution >= 0.6 is 23.4 Å². The third-order valence-corrected chi connectivity index (χ3v) is 5.57. The Morgan fingerprint density at radius 3 is 2.41 bits per heavy atom. The van der Waals surface area contributed by atoms with Crippen LogP contribution in [0.2, 0.25) is 0 Å². The molecule has 0 saturated carbocycles. The van der Waals surface area contributed by atoms with Crippen LogP contribution in [-0.2, 0) is 16.3 Å². The van der Waals surface area contributed by atoms with Crippen molar-refractivity contribution in [1.29, 1.82) is 0 Å². The van der Waals surface area contributed by atoms with Crippen LogP contribution in [0.1, 0.15) is 22.8 Å². The van der Waals surface area contributed by atoms with Gasteiger partial charge in [-0.05, 0) is 47.9 Å². The van der Waals surface area contributed by atoms with Gasteiger partial charge < -0.3 is 0 Å². The van der Waals surface area contributed by atoms with E-state index in [-0.39, 0.29) is 10.5 Å². The van der Waals surface area contributed by atoms with E-state index in [1.165, 1.54) is 17.8 Å². The molecule has 1 heterocycles. The fourth-order valence-corrected chi connectivity index (χ4v) is 4.36. The molecule has 0 aliphatic carbocycles. The Morgan fingerprint density at radius 2 is 1.91 bits per heavy atom. The number of benzene rings is 1. The summed E-state index contributed by atoms with van der Waals surface area (Å²) in [4.78, 5) is 17.0. The number of halogens is 1. The van der Waals surface area contributed by atoms with Crippen LogP contribution in [0.4, 0.5) is 0 Å². The van der Waals surface area contributed by atoms with Crippen LogP contribution in [-0.4, -0.2) is 24.9 Å². The molecule has 0 saturated heterocycles. The molecule has 0 bridgehead atoms. The fraction of sp³-hybridized carbons (Fsp3) is 0.200. The molecule has 0 amide bonds. The molecule has 22 heavy (non-hydrogen) atoms. The second-order valence-electron chi connectivity index (χ2n) is 4.64. The van der Waals surface area contributed by atoms with Gasteiger partial charge in [-0.3, -0.25) is 9.78 Å². The number of pyridine rings is 1. The lowest BCUT2D eigenvalue weighted by Gasteiger charge is -2.12. The van der Waals surface area contributed by atoms with E-state index in [1.54, 1.807) is 30.6 Å². The summed E-state index contributed by atoms with van der Waals surface area (Å²) in [6.07, 6.45) is 4.98. The molecule has 0 spiro atoms. The summed E-state index contributed by atoms with van der Waals surface area (Å²) in [6, 6.07) is 6.68. The van der Waals surface area contributed by atoms with Crippen LogP contribution < -0.4 is 0 Å². The highest BCUT2D eigenvalue weighted by atomic mass is 35.5. The van der Waals surface area contributed by atoms with Crippen LogP contribution in [0.5, 0.6) is 0 Å². The van der Waals surface area contributed by atoms with E-state index in [0.717, 1.165) is 16.7 Å². The summed E-state index contributed by atoms with van der Waals surface area (Å²) in [5.74, 6) is 0. The number of aromatic nitrogens is 1. The molecule has 1 aromatic carbocycles. The summed E-state index contributed by atoms with van der Waals surface area (Å²) in [5, 5.41) is -0.651. The number of hydrogen-bond donors (Lipinski definition) is 0. The highest BCUT2D eigenvalue weighted by molar-refractivity contribution is 8.00. The average molecular weight is 356 g/mol. The SMILES string of the molecule is CCc1cc(Sc2ccncc2)c(S(C)(=O)=O)cc1C(=O)Cl. The minimum Gasteiger partial charge on any atom is -0.276 e. The minimum atomic E-state index is -3.48. The third kappa shape index (κ3) is 3.88. The fourth-order valence-electron chi connectivity index (χ4n) is 1.98. The molecule has 2 aromatic rings. The number of rotatable bonds is 5. The van der Waals surface area contributed by atoms with E-state index in [9.17, 15) is 13.2 Å². The number of aryl methyl sites for hydroxylation is 1. The van der Waals surface area contributed by atoms with Crippen molar-refractivity contribution in [1.82, 2.24) is 4.98 Å². The molecule has 0 atom stereocenters. The Morgan fingerprint density at radius 1 is 1.27 bits per heavy atom. The lowest BCUT2D eigenvalue weighted by Crippen LogP contribution is -2.05. The van der Waals surface area contributed by atoms with E-state index < -0.39 is 15.1 Å². The smallest absolute Gasteiger partial charge is 0.252 e. The Bertz CT molecular complexity index is 805. The number of carbonyl (C=O) groups excluding carboxylic acids is 1. The first-order valence-electron chi connectivity index (χ1n) is 6.47. The van der Waals surface area contributed by atoms with Gasteiger partial charge in [-0.2, -0.15) is 0 Å². The van der Waals surface area contributed by atoms with Gasteiger partial charge in [0, 0.05) is 34.0 Å². The van der Waals surface area contributed by atoms with Gasteiger partial charge in [0.25, 0.3) is 5.24 Å². The van der Waals surface area contributed by atoms with Gasteiger partial charge in [-0.15, -0.1) is 0 Å². The summed E-state index contributed by atoms with van der Waals surface area (Å²) in [5.41, 5.74) is 0.965. The van der Waals surface area contributed by atoms with E-state index in [0.29, 0.717) is 11.3 Å². The first-order valence-corrected chi connectivity index (χ1v) is 9.56. The molecule has 4 nitrogen and oxygen atoms in total. The van der Waals surface area contributed by atoms with Gasteiger partial charge in [0.1, 0.15) is 0 Å². The minimum absolute atomic E-state index is 0.107. The molecule has 0 aliphatic rings. The Kier molecular flexibility index (Phi) is 5.26. The maximum atomic E-state index is 12.0. The first-order chi connectivity index (χ1) is 10.3. The Balaban J connectivity index is 2.63. The predicted molar refractivity (Wildman–Crippen MR) is 87.5 cm³/mol. The van der Waals surface area contributed by atoms with Crippen molar-refractivity contribution < 1.29 is 13.2 Å². The monoisotopic (exact) mass is 355 g/mol. The van der Waals surface area contributed by atoms with Crippen molar-refractivity contribution in [2.24, 2.45) is 0 Å². The van der Waals surface area contributed by atoms with Crippen molar-refractivity contribution in [2.75, 3.05) is 6.26 Å². The highest BCUT2D eigenvalue weighted by Gasteiger charge is 2.20. The largest absolute Gasteiger partial charge is 0.276 e. The molecule has 116 valence electrons. The van der Waals surface area contributed by atoms with Crippen molar-refractivity contribution in [3.8, 4) is 0 Å². The first kappa shape index (κ1) is 17.0. The van der Waals surface area contributed by atoms with Gasteiger partial charge >= 0.3 is 0 Å². The van der Waals surface area contributed by atoms with Gasteiger partial charge in [0.05, 0.1) is 4.90 Å². The zero-order valence-corrected chi connectivity index (χ0v) is 14.4.